The minimum absolute atomic E-state index is 0.809. The van der Waals surface area contributed by atoms with Crippen LogP contribution in [0.5, 0.6) is 0 Å². The van der Waals surface area contributed by atoms with Crippen LogP contribution in [0, 0.1) is 0 Å². The Hall–Kier alpha value is -0.910. The van der Waals surface area contributed by atoms with E-state index in [2.05, 4.69) is 43.3 Å². The number of fused-ring (bicyclic) bond motifs is 1. The smallest absolute Gasteiger partial charge is 0.138 e. The van der Waals surface area contributed by atoms with E-state index in [-0.39, 0.29) is 0 Å². The van der Waals surface area contributed by atoms with E-state index in [1.165, 1.54) is 10.5 Å². The highest BCUT2D eigenvalue weighted by atomic mass is 79.9. The van der Waals surface area contributed by atoms with Gasteiger partial charge >= 0.3 is 0 Å². The molecular formula is C13H12BrN3S. The van der Waals surface area contributed by atoms with E-state index >= 15 is 0 Å². The molecule has 1 N–H and O–H groups in total. The Kier molecular flexibility index (Phi) is 3.63. The zero-order valence-electron chi connectivity index (χ0n) is 9.69. The van der Waals surface area contributed by atoms with Gasteiger partial charge in [0.15, 0.2) is 0 Å². The summed E-state index contributed by atoms with van der Waals surface area (Å²) in [6.07, 6.45) is 1.94. The van der Waals surface area contributed by atoms with Crippen LogP contribution < -0.4 is 5.32 Å². The second-order valence-corrected chi connectivity index (χ2v) is 6.07. The van der Waals surface area contributed by atoms with Crippen LogP contribution in [0.1, 0.15) is 17.1 Å². The molecule has 0 saturated heterocycles. The first kappa shape index (κ1) is 12.1. The first-order valence-electron chi connectivity index (χ1n) is 5.74. The second-order valence-electron chi connectivity index (χ2n) is 4.11. The lowest BCUT2D eigenvalue weighted by Crippen LogP contribution is -2.01. The lowest BCUT2D eigenvalue weighted by molar-refractivity contribution is 0.756. The molecule has 0 atom stereocenters. The number of benzene rings is 1. The van der Waals surface area contributed by atoms with Crippen molar-refractivity contribution in [3.63, 3.8) is 0 Å². The van der Waals surface area contributed by atoms with Crippen LogP contribution in [0.3, 0.4) is 0 Å². The quantitative estimate of drug-likeness (QED) is 0.881. The fourth-order valence-corrected chi connectivity index (χ4v) is 3.24. The molecule has 3 rings (SSSR count). The molecule has 1 aliphatic heterocycles. The SMILES string of the molecule is Brc1cccc(SCc2ncc3c(n2)CNC3)c1. The number of aromatic nitrogens is 2. The molecule has 5 heteroatoms. The highest BCUT2D eigenvalue weighted by Gasteiger charge is 2.12. The third-order valence-electron chi connectivity index (χ3n) is 2.78. The van der Waals surface area contributed by atoms with Crippen LogP contribution in [0.15, 0.2) is 39.8 Å². The van der Waals surface area contributed by atoms with E-state index in [0.717, 1.165) is 34.8 Å². The van der Waals surface area contributed by atoms with Crippen LogP contribution in [0.25, 0.3) is 0 Å². The van der Waals surface area contributed by atoms with Gasteiger partial charge < -0.3 is 5.32 Å². The highest BCUT2D eigenvalue weighted by molar-refractivity contribution is 9.10. The van der Waals surface area contributed by atoms with Crippen molar-refractivity contribution in [3.05, 3.63) is 52.0 Å². The maximum Gasteiger partial charge on any atom is 0.138 e. The molecule has 1 aromatic heterocycles. The Morgan fingerprint density at radius 3 is 3.17 bits per heavy atom. The van der Waals surface area contributed by atoms with Crippen LogP contribution in [0.4, 0.5) is 0 Å². The summed E-state index contributed by atoms with van der Waals surface area (Å²) in [6.45, 7) is 1.76. The summed E-state index contributed by atoms with van der Waals surface area (Å²) in [6, 6.07) is 8.28. The Morgan fingerprint density at radius 1 is 1.33 bits per heavy atom. The lowest BCUT2D eigenvalue weighted by atomic mass is 10.3. The van der Waals surface area contributed by atoms with Crippen molar-refractivity contribution in [3.8, 4) is 0 Å². The molecule has 0 bridgehead atoms. The van der Waals surface area contributed by atoms with Crippen molar-refractivity contribution in [2.75, 3.05) is 0 Å². The van der Waals surface area contributed by atoms with Gasteiger partial charge in [0.1, 0.15) is 5.82 Å². The molecule has 1 aliphatic rings. The normalized spacial score (nSPS) is 13.6. The molecule has 0 radical (unpaired) electrons. The Labute approximate surface area is 119 Å². The van der Waals surface area contributed by atoms with E-state index in [9.17, 15) is 0 Å². The van der Waals surface area contributed by atoms with Gasteiger partial charge in [-0.1, -0.05) is 22.0 Å². The van der Waals surface area contributed by atoms with Gasteiger partial charge in [0, 0.05) is 34.2 Å². The maximum absolute atomic E-state index is 4.58. The number of thioether (sulfide) groups is 1. The molecule has 0 saturated carbocycles. The average molecular weight is 322 g/mol. The topological polar surface area (TPSA) is 37.8 Å². The van der Waals surface area contributed by atoms with Gasteiger partial charge in [0.2, 0.25) is 0 Å². The van der Waals surface area contributed by atoms with Gasteiger partial charge in [-0.05, 0) is 18.2 Å². The summed E-state index contributed by atoms with van der Waals surface area (Å²) in [5.41, 5.74) is 2.38. The van der Waals surface area contributed by atoms with Gasteiger partial charge in [-0.15, -0.1) is 11.8 Å². The van der Waals surface area contributed by atoms with Gasteiger partial charge in [-0.25, -0.2) is 9.97 Å². The Balaban J connectivity index is 1.70. The molecule has 2 aromatic rings. The van der Waals surface area contributed by atoms with Crippen molar-refractivity contribution in [2.24, 2.45) is 0 Å². The van der Waals surface area contributed by atoms with Gasteiger partial charge in [-0.2, -0.15) is 0 Å². The zero-order chi connectivity index (χ0) is 12.4. The van der Waals surface area contributed by atoms with E-state index in [0.29, 0.717) is 0 Å². The molecule has 0 unspecified atom stereocenters. The van der Waals surface area contributed by atoms with Gasteiger partial charge in [0.25, 0.3) is 0 Å². The van der Waals surface area contributed by atoms with E-state index in [1.54, 1.807) is 11.8 Å². The minimum Gasteiger partial charge on any atom is -0.307 e. The summed E-state index contributed by atoms with van der Waals surface area (Å²) in [5, 5.41) is 3.28. The van der Waals surface area contributed by atoms with E-state index in [1.807, 2.05) is 18.3 Å². The number of halogens is 1. The Bertz CT molecular complexity index is 574. The molecule has 92 valence electrons. The number of rotatable bonds is 3. The largest absolute Gasteiger partial charge is 0.307 e. The third-order valence-corrected chi connectivity index (χ3v) is 4.26. The van der Waals surface area contributed by atoms with Crippen molar-refractivity contribution >= 4 is 27.7 Å². The first-order valence-corrected chi connectivity index (χ1v) is 7.52. The van der Waals surface area contributed by atoms with E-state index < -0.39 is 0 Å². The lowest BCUT2D eigenvalue weighted by Gasteiger charge is -2.03. The molecule has 0 fully saturated rings. The highest BCUT2D eigenvalue weighted by Crippen LogP contribution is 2.24. The molecule has 0 aliphatic carbocycles. The standard InChI is InChI=1S/C13H12BrN3S/c14-10-2-1-3-11(4-10)18-8-13-16-6-9-5-15-7-12(9)17-13/h1-4,6,15H,5,7-8H2. The fraction of sp³-hybridized carbons (Fsp3) is 0.231. The first-order chi connectivity index (χ1) is 8.81. The van der Waals surface area contributed by atoms with Crippen LogP contribution in [-0.2, 0) is 18.8 Å². The molecule has 0 amide bonds. The Morgan fingerprint density at radius 2 is 2.28 bits per heavy atom. The molecular weight excluding hydrogens is 310 g/mol. The molecule has 3 nitrogen and oxygen atoms in total. The number of hydrogen-bond acceptors (Lipinski definition) is 4. The number of nitrogens with zero attached hydrogens (tertiary/aromatic N) is 2. The summed E-state index contributed by atoms with van der Waals surface area (Å²) in [4.78, 5) is 10.2. The van der Waals surface area contributed by atoms with Crippen LogP contribution in [0.2, 0.25) is 0 Å². The third kappa shape index (κ3) is 2.74. The van der Waals surface area contributed by atoms with Crippen molar-refractivity contribution < 1.29 is 0 Å². The number of nitrogens with one attached hydrogen (secondary N) is 1. The van der Waals surface area contributed by atoms with Gasteiger partial charge in [-0.3, -0.25) is 0 Å². The van der Waals surface area contributed by atoms with Crippen molar-refractivity contribution in [2.45, 2.75) is 23.7 Å². The fourth-order valence-electron chi connectivity index (χ4n) is 1.87. The predicted octanol–water partition coefficient (Wildman–Crippen LogP) is 3.13. The van der Waals surface area contributed by atoms with Crippen molar-refractivity contribution in [1.82, 2.24) is 15.3 Å². The summed E-state index contributed by atoms with van der Waals surface area (Å²) in [5.74, 6) is 1.71. The average Bonchev–Trinajstić information content (AvgIpc) is 2.84. The molecule has 2 heterocycles. The zero-order valence-corrected chi connectivity index (χ0v) is 12.1. The predicted molar refractivity (Wildman–Crippen MR) is 76.3 cm³/mol. The molecule has 18 heavy (non-hydrogen) atoms. The van der Waals surface area contributed by atoms with Crippen LogP contribution >= 0.6 is 27.7 Å². The number of hydrogen-bond donors (Lipinski definition) is 1. The minimum atomic E-state index is 0.809. The maximum atomic E-state index is 4.58. The van der Waals surface area contributed by atoms with Crippen molar-refractivity contribution in [1.29, 1.82) is 0 Å². The second kappa shape index (κ2) is 5.38. The molecule has 1 aromatic carbocycles. The summed E-state index contributed by atoms with van der Waals surface area (Å²) >= 11 is 5.23. The monoisotopic (exact) mass is 321 g/mol. The molecule has 0 spiro atoms. The summed E-state index contributed by atoms with van der Waals surface area (Å²) in [7, 11) is 0. The van der Waals surface area contributed by atoms with Crippen LogP contribution in [-0.4, -0.2) is 9.97 Å². The van der Waals surface area contributed by atoms with E-state index in [4.69, 9.17) is 0 Å². The summed E-state index contributed by atoms with van der Waals surface area (Å²) < 4.78 is 1.10. The van der Waals surface area contributed by atoms with Gasteiger partial charge in [0.05, 0.1) is 11.4 Å².